The highest BCUT2D eigenvalue weighted by Crippen LogP contribution is 2.42. The molecule has 0 bridgehead atoms. The van der Waals surface area contributed by atoms with E-state index in [1.807, 2.05) is 0 Å². The van der Waals surface area contributed by atoms with Crippen LogP contribution in [0.2, 0.25) is 0 Å². The van der Waals surface area contributed by atoms with Crippen LogP contribution in [-0.2, 0) is 4.74 Å². The maximum absolute atomic E-state index is 5.78. The van der Waals surface area contributed by atoms with Crippen LogP contribution in [0, 0.1) is 0 Å². The van der Waals surface area contributed by atoms with Crippen molar-refractivity contribution in [2.75, 3.05) is 32.8 Å². The molecule has 1 N–H and O–H groups in total. The van der Waals surface area contributed by atoms with Crippen LogP contribution >= 0.6 is 0 Å². The Kier molecular flexibility index (Phi) is 4.68. The van der Waals surface area contributed by atoms with Gasteiger partial charge in [-0.25, -0.2) is 0 Å². The smallest absolute Gasteiger partial charge is 0.0593 e. The molecule has 3 fully saturated rings. The largest absolute Gasteiger partial charge is 0.380 e. The molecule has 0 amide bonds. The number of nitrogens with zero attached hydrogens (tertiary/aromatic N) is 1. The molecule has 2 saturated carbocycles. The van der Waals surface area contributed by atoms with Crippen LogP contribution < -0.4 is 5.32 Å². The van der Waals surface area contributed by atoms with E-state index >= 15 is 0 Å². The molecule has 3 rings (SSSR count). The number of hydrogen-bond acceptors (Lipinski definition) is 3. The third-order valence-corrected chi connectivity index (χ3v) is 5.91. The van der Waals surface area contributed by atoms with Crippen molar-refractivity contribution < 1.29 is 4.74 Å². The second kappa shape index (κ2) is 6.33. The molecule has 20 heavy (non-hydrogen) atoms. The topological polar surface area (TPSA) is 24.5 Å². The van der Waals surface area contributed by atoms with Gasteiger partial charge < -0.3 is 10.1 Å². The first-order chi connectivity index (χ1) is 9.79. The van der Waals surface area contributed by atoms with Gasteiger partial charge in [0.1, 0.15) is 0 Å². The highest BCUT2D eigenvalue weighted by molar-refractivity contribution is 5.08. The van der Waals surface area contributed by atoms with E-state index in [1.54, 1.807) is 0 Å². The normalized spacial score (nSPS) is 28.6. The van der Waals surface area contributed by atoms with E-state index < -0.39 is 0 Å². The van der Waals surface area contributed by atoms with Crippen LogP contribution in [-0.4, -0.2) is 48.8 Å². The molecule has 1 heterocycles. The number of piperazine rings is 1. The third-order valence-electron chi connectivity index (χ3n) is 5.91. The van der Waals surface area contributed by atoms with Crippen molar-refractivity contribution in [2.24, 2.45) is 0 Å². The summed E-state index contributed by atoms with van der Waals surface area (Å²) in [6.07, 6.45) is 12.4. The second-order valence-electron chi connectivity index (χ2n) is 7.31. The van der Waals surface area contributed by atoms with E-state index in [1.165, 1.54) is 64.5 Å². The monoisotopic (exact) mass is 280 g/mol. The van der Waals surface area contributed by atoms with Gasteiger partial charge in [-0.15, -0.1) is 0 Å². The summed E-state index contributed by atoms with van der Waals surface area (Å²) in [6.45, 7) is 7.67. The van der Waals surface area contributed by atoms with Gasteiger partial charge in [-0.1, -0.05) is 32.6 Å². The first-order valence-electron chi connectivity index (χ1n) is 8.87. The molecule has 0 aromatic carbocycles. The van der Waals surface area contributed by atoms with Crippen molar-refractivity contribution in [3.63, 3.8) is 0 Å². The summed E-state index contributed by atoms with van der Waals surface area (Å²) in [7, 11) is 0. The highest BCUT2D eigenvalue weighted by atomic mass is 16.5. The fraction of sp³-hybridized carbons (Fsp3) is 1.00. The zero-order valence-electron chi connectivity index (χ0n) is 13.3. The van der Waals surface area contributed by atoms with Gasteiger partial charge in [-0.3, -0.25) is 4.90 Å². The van der Waals surface area contributed by atoms with E-state index in [-0.39, 0.29) is 0 Å². The predicted octanol–water partition coefficient (Wildman–Crippen LogP) is 2.94. The fourth-order valence-electron chi connectivity index (χ4n) is 4.70. The first-order valence-corrected chi connectivity index (χ1v) is 8.87. The SMILES string of the molecule is CCCOCCN1CC2(CCCC2)NCC12CCCC2. The van der Waals surface area contributed by atoms with Crippen molar-refractivity contribution in [3.05, 3.63) is 0 Å². The van der Waals surface area contributed by atoms with Gasteiger partial charge in [0.2, 0.25) is 0 Å². The van der Waals surface area contributed by atoms with Gasteiger partial charge in [0.05, 0.1) is 6.61 Å². The fourth-order valence-corrected chi connectivity index (χ4v) is 4.70. The molecule has 3 nitrogen and oxygen atoms in total. The minimum atomic E-state index is 0.443. The summed E-state index contributed by atoms with van der Waals surface area (Å²) in [5.74, 6) is 0. The first kappa shape index (κ1) is 14.8. The maximum Gasteiger partial charge on any atom is 0.0593 e. The molecule has 0 aromatic rings. The molecule has 0 atom stereocenters. The average molecular weight is 280 g/mol. The predicted molar refractivity (Wildman–Crippen MR) is 83.1 cm³/mol. The summed E-state index contributed by atoms with van der Waals surface area (Å²) in [5.41, 5.74) is 0.905. The Morgan fingerprint density at radius 1 is 1.00 bits per heavy atom. The van der Waals surface area contributed by atoms with Crippen molar-refractivity contribution in [1.29, 1.82) is 0 Å². The Morgan fingerprint density at radius 2 is 1.70 bits per heavy atom. The average Bonchev–Trinajstić information content (AvgIpc) is 3.10. The van der Waals surface area contributed by atoms with Crippen molar-refractivity contribution in [3.8, 4) is 0 Å². The molecule has 116 valence electrons. The number of rotatable bonds is 5. The molecular weight excluding hydrogens is 248 g/mol. The molecular formula is C17H32N2O. The summed E-state index contributed by atoms with van der Waals surface area (Å²) < 4.78 is 5.78. The summed E-state index contributed by atoms with van der Waals surface area (Å²) >= 11 is 0. The Hall–Kier alpha value is -0.120. The number of nitrogens with one attached hydrogen (secondary N) is 1. The summed E-state index contributed by atoms with van der Waals surface area (Å²) in [4.78, 5) is 2.82. The Balaban J connectivity index is 1.62. The van der Waals surface area contributed by atoms with Gasteiger partial charge in [-0.05, 0) is 32.1 Å². The summed E-state index contributed by atoms with van der Waals surface area (Å²) in [5, 5.41) is 3.98. The molecule has 0 aromatic heterocycles. The minimum absolute atomic E-state index is 0.443. The zero-order chi connectivity index (χ0) is 13.9. The van der Waals surface area contributed by atoms with E-state index in [2.05, 4.69) is 17.1 Å². The van der Waals surface area contributed by atoms with E-state index in [4.69, 9.17) is 4.74 Å². The molecule has 1 aliphatic heterocycles. The minimum Gasteiger partial charge on any atom is -0.380 e. The lowest BCUT2D eigenvalue weighted by atomic mass is 9.84. The lowest BCUT2D eigenvalue weighted by Gasteiger charge is -2.52. The number of ether oxygens (including phenoxy) is 1. The van der Waals surface area contributed by atoms with Crippen LogP contribution in [0.1, 0.15) is 64.7 Å². The van der Waals surface area contributed by atoms with Gasteiger partial charge in [0.25, 0.3) is 0 Å². The summed E-state index contributed by atoms with van der Waals surface area (Å²) in [6, 6.07) is 0. The molecule has 2 spiro atoms. The van der Waals surface area contributed by atoms with E-state index in [9.17, 15) is 0 Å². The molecule has 3 heteroatoms. The lowest BCUT2D eigenvalue weighted by Crippen LogP contribution is -2.68. The third kappa shape index (κ3) is 2.90. The van der Waals surface area contributed by atoms with E-state index in [0.29, 0.717) is 11.1 Å². The number of hydrogen-bond donors (Lipinski definition) is 1. The van der Waals surface area contributed by atoms with Gasteiger partial charge >= 0.3 is 0 Å². The van der Waals surface area contributed by atoms with Crippen LogP contribution in [0.4, 0.5) is 0 Å². The van der Waals surface area contributed by atoms with Crippen molar-refractivity contribution in [2.45, 2.75) is 75.8 Å². The van der Waals surface area contributed by atoms with Gasteiger partial charge in [-0.2, -0.15) is 0 Å². The standard InChI is InChI=1S/C17H32N2O/c1-2-12-20-13-11-19-15-16(7-3-4-8-16)18-14-17(19)9-5-6-10-17/h18H,2-15H2,1H3. The lowest BCUT2D eigenvalue weighted by molar-refractivity contribution is -0.0118. The molecule has 0 radical (unpaired) electrons. The Bertz CT molecular complexity index is 306. The van der Waals surface area contributed by atoms with Crippen molar-refractivity contribution in [1.82, 2.24) is 10.2 Å². The molecule has 1 saturated heterocycles. The van der Waals surface area contributed by atoms with Gasteiger partial charge in [0, 0.05) is 37.3 Å². The zero-order valence-corrected chi connectivity index (χ0v) is 13.3. The maximum atomic E-state index is 5.78. The molecule has 2 aliphatic carbocycles. The van der Waals surface area contributed by atoms with Gasteiger partial charge in [0.15, 0.2) is 0 Å². The van der Waals surface area contributed by atoms with E-state index in [0.717, 1.165) is 26.2 Å². The second-order valence-corrected chi connectivity index (χ2v) is 7.31. The highest BCUT2D eigenvalue weighted by Gasteiger charge is 2.49. The van der Waals surface area contributed by atoms with Crippen molar-refractivity contribution >= 4 is 0 Å². The van der Waals surface area contributed by atoms with Crippen LogP contribution in [0.5, 0.6) is 0 Å². The molecule has 0 unspecified atom stereocenters. The Morgan fingerprint density at radius 3 is 2.40 bits per heavy atom. The molecule has 3 aliphatic rings. The Labute approximate surface area is 124 Å². The van der Waals surface area contributed by atoms with Crippen LogP contribution in [0.15, 0.2) is 0 Å². The van der Waals surface area contributed by atoms with Crippen LogP contribution in [0.3, 0.4) is 0 Å². The quantitative estimate of drug-likeness (QED) is 0.784. The van der Waals surface area contributed by atoms with Crippen LogP contribution in [0.25, 0.3) is 0 Å².